The number of carboxylic acids is 1. The summed E-state index contributed by atoms with van der Waals surface area (Å²) >= 11 is 0. The molecule has 1 atom stereocenters. The number of nitrogens with zero attached hydrogens (tertiary/aromatic N) is 6. The Morgan fingerprint density at radius 2 is 1.97 bits per heavy atom. The Kier molecular flexibility index (Phi) is 6.42. The fourth-order valence-corrected chi connectivity index (χ4v) is 4.48. The molecule has 2 N–H and O–H groups in total. The van der Waals surface area contributed by atoms with Crippen LogP contribution in [0.4, 0.5) is 26.2 Å². The zero-order valence-corrected chi connectivity index (χ0v) is 20.4. The van der Waals surface area contributed by atoms with E-state index in [-0.39, 0.29) is 35.3 Å². The molecule has 1 unspecified atom stereocenters. The van der Waals surface area contributed by atoms with Crippen molar-refractivity contribution in [2.75, 3.05) is 29.9 Å². The van der Waals surface area contributed by atoms with Gasteiger partial charge in [-0.05, 0) is 45.0 Å². The number of aromatic nitrogens is 5. The molecule has 0 bridgehead atoms. The Hall–Kier alpha value is -4.19. The van der Waals surface area contributed by atoms with Gasteiger partial charge in [-0.15, -0.1) is 0 Å². The quantitative estimate of drug-likeness (QED) is 0.396. The Morgan fingerprint density at radius 1 is 1.16 bits per heavy atom. The number of benzene rings is 1. The third-order valence-electron chi connectivity index (χ3n) is 6.15. The van der Waals surface area contributed by atoms with Gasteiger partial charge in [0.25, 0.3) is 0 Å². The fourth-order valence-electron chi connectivity index (χ4n) is 4.48. The lowest BCUT2D eigenvalue weighted by atomic mass is 10.1. The van der Waals surface area contributed by atoms with Crippen molar-refractivity contribution in [1.29, 1.82) is 0 Å². The highest BCUT2D eigenvalue weighted by molar-refractivity contribution is 5.83. The normalized spacial score (nSPS) is 15.9. The molecule has 12 heteroatoms. The molecule has 5 rings (SSSR count). The standard InChI is InChI=1S/C25H25F2N7O3/c1-13(2)34-14(3)30-23-17(26)8-15(9-19(23)34)22-18(27)11-29-25(32-22)31-21-5-4-16(10-28-21)33-6-7-37-20(12-33)24(35)36/h4-5,8-11,13,20H,6-7,12H2,1-3H3,(H,35,36)(H,28,29,31,32). The van der Waals surface area contributed by atoms with Crippen molar-refractivity contribution in [3.05, 3.63) is 54.1 Å². The molecular weight excluding hydrogens is 484 g/mol. The first-order valence-corrected chi connectivity index (χ1v) is 11.7. The van der Waals surface area contributed by atoms with Gasteiger partial charge in [0.2, 0.25) is 5.95 Å². The number of rotatable bonds is 6. The van der Waals surface area contributed by atoms with Crippen molar-refractivity contribution in [2.24, 2.45) is 0 Å². The van der Waals surface area contributed by atoms with Gasteiger partial charge in [-0.25, -0.2) is 33.5 Å². The number of halogens is 2. The van der Waals surface area contributed by atoms with Gasteiger partial charge in [0.1, 0.15) is 22.9 Å². The summed E-state index contributed by atoms with van der Waals surface area (Å²) in [5.41, 5.74) is 1.72. The highest BCUT2D eigenvalue weighted by Gasteiger charge is 2.26. The summed E-state index contributed by atoms with van der Waals surface area (Å²) in [4.78, 5) is 30.0. The van der Waals surface area contributed by atoms with Crippen molar-refractivity contribution in [1.82, 2.24) is 24.5 Å². The van der Waals surface area contributed by atoms with E-state index in [1.54, 1.807) is 31.3 Å². The van der Waals surface area contributed by atoms with E-state index in [0.29, 0.717) is 30.3 Å². The molecule has 0 aliphatic carbocycles. The van der Waals surface area contributed by atoms with E-state index < -0.39 is 23.7 Å². The zero-order chi connectivity index (χ0) is 26.3. The average Bonchev–Trinajstić information content (AvgIpc) is 3.22. The molecule has 1 fully saturated rings. The lowest BCUT2D eigenvalue weighted by molar-refractivity contribution is -0.150. The number of imidazole rings is 1. The van der Waals surface area contributed by atoms with E-state index in [0.717, 1.165) is 11.9 Å². The van der Waals surface area contributed by atoms with Crippen LogP contribution in [0.1, 0.15) is 25.7 Å². The second kappa shape index (κ2) is 9.69. The Morgan fingerprint density at radius 3 is 2.68 bits per heavy atom. The van der Waals surface area contributed by atoms with Crippen LogP contribution in [0.5, 0.6) is 0 Å². The molecule has 0 saturated carbocycles. The summed E-state index contributed by atoms with van der Waals surface area (Å²) in [6, 6.07) is 6.39. The lowest BCUT2D eigenvalue weighted by Gasteiger charge is -2.32. The van der Waals surface area contributed by atoms with Crippen LogP contribution >= 0.6 is 0 Å². The van der Waals surface area contributed by atoms with Crippen molar-refractivity contribution in [3.8, 4) is 11.3 Å². The van der Waals surface area contributed by atoms with Crippen LogP contribution in [-0.4, -0.2) is 61.4 Å². The van der Waals surface area contributed by atoms with E-state index in [1.807, 2.05) is 23.3 Å². The maximum Gasteiger partial charge on any atom is 0.334 e. The van der Waals surface area contributed by atoms with E-state index in [4.69, 9.17) is 4.74 Å². The topological polar surface area (TPSA) is 118 Å². The lowest BCUT2D eigenvalue weighted by Crippen LogP contribution is -2.46. The van der Waals surface area contributed by atoms with Gasteiger partial charge >= 0.3 is 5.97 Å². The number of hydrogen-bond donors (Lipinski definition) is 2. The molecule has 3 aromatic heterocycles. The number of ether oxygens (including phenoxy) is 1. The smallest absolute Gasteiger partial charge is 0.334 e. The van der Waals surface area contributed by atoms with Crippen molar-refractivity contribution < 1.29 is 23.4 Å². The number of nitrogens with one attached hydrogen (secondary N) is 1. The van der Waals surface area contributed by atoms with Gasteiger partial charge in [0.05, 0.1) is 36.7 Å². The number of carboxylic acid groups (broad SMARTS) is 1. The summed E-state index contributed by atoms with van der Waals surface area (Å²) in [5.74, 6) is -1.12. The molecule has 1 aromatic carbocycles. The number of aliphatic carboxylic acids is 1. The molecule has 1 saturated heterocycles. The third kappa shape index (κ3) is 4.79. The average molecular weight is 510 g/mol. The minimum Gasteiger partial charge on any atom is -0.479 e. The molecule has 4 aromatic rings. The van der Waals surface area contributed by atoms with E-state index >= 15 is 0 Å². The largest absolute Gasteiger partial charge is 0.479 e. The van der Waals surface area contributed by atoms with Gasteiger partial charge in [0, 0.05) is 18.2 Å². The maximum atomic E-state index is 14.9. The molecule has 4 heterocycles. The van der Waals surface area contributed by atoms with Gasteiger partial charge in [-0.1, -0.05) is 0 Å². The maximum absolute atomic E-state index is 14.9. The highest BCUT2D eigenvalue weighted by Crippen LogP contribution is 2.30. The minimum atomic E-state index is -1.01. The number of hydrogen-bond acceptors (Lipinski definition) is 8. The van der Waals surface area contributed by atoms with E-state index in [1.165, 1.54) is 6.07 Å². The van der Waals surface area contributed by atoms with E-state index in [9.17, 15) is 18.7 Å². The first-order valence-electron chi connectivity index (χ1n) is 11.7. The second-order valence-corrected chi connectivity index (χ2v) is 9.01. The highest BCUT2D eigenvalue weighted by atomic mass is 19.1. The second-order valence-electron chi connectivity index (χ2n) is 9.01. The minimum absolute atomic E-state index is 0.0358. The third-order valence-corrected chi connectivity index (χ3v) is 6.15. The Bertz CT molecular complexity index is 1470. The first kappa shape index (κ1) is 24.5. The molecule has 37 heavy (non-hydrogen) atoms. The van der Waals surface area contributed by atoms with Gasteiger partial charge in [-0.3, -0.25) is 0 Å². The molecule has 10 nitrogen and oxygen atoms in total. The van der Waals surface area contributed by atoms with Crippen LogP contribution in [0, 0.1) is 18.6 Å². The summed E-state index contributed by atoms with van der Waals surface area (Å²) in [6.07, 6.45) is 1.71. The number of pyridine rings is 1. The van der Waals surface area contributed by atoms with Crippen LogP contribution in [0.25, 0.3) is 22.3 Å². The van der Waals surface area contributed by atoms with E-state index in [2.05, 4.69) is 25.3 Å². The number of aryl methyl sites for hydroxylation is 1. The van der Waals surface area contributed by atoms with Crippen molar-refractivity contribution in [2.45, 2.75) is 32.9 Å². The predicted molar refractivity (Wildman–Crippen MR) is 133 cm³/mol. The monoisotopic (exact) mass is 509 g/mol. The Balaban J connectivity index is 1.40. The number of anilines is 3. The van der Waals surface area contributed by atoms with Gasteiger partial charge in [-0.2, -0.15) is 0 Å². The van der Waals surface area contributed by atoms with Crippen LogP contribution < -0.4 is 10.2 Å². The SMILES string of the molecule is Cc1nc2c(F)cc(-c3nc(Nc4ccc(N5CCOC(C(=O)O)C5)cn4)ncc3F)cc2n1C(C)C. The van der Waals surface area contributed by atoms with Crippen LogP contribution in [0.2, 0.25) is 0 Å². The predicted octanol–water partition coefficient (Wildman–Crippen LogP) is 4.09. The molecule has 0 radical (unpaired) electrons. The number of morpholine rings is 1. The van der Waals surface area contributed by atoms with Crippen LogP contribution in [0.3, 0.4) is 0 Å². The van der Waals surface area contributed by atoms with Crippen molar-refractivity contribution >= 4 is 34.5 Å². The molecule has 1 aliphatic heterocycles. The molecule has 0 amide bonds. The fraction of sp³-hybridized carbons (Fsp3) is 0.320. The first-order chi connectivity index (χ1) is 17.7. The Labute approximate surface area is 211 Å². The summed E-state index contributed by atoms with van der Waals surface area (Å²) in [6.45, 7) is 6.78. The number of carbonyl (C=O) groups is 1. The molecule has 192 valence electrons. The molecule has 1 aliphatic rings. The molecular formula is C25H25F2N7O3. The van der Waals surface area contributed by atoms with Crippen LogP contribution in [-0.2, 0) is 9.53 Å². The molecule has 0 spiro atoms. The number of fused-ring (bicyclic) bond motifs is 1. The van der Waals surface area contributed by atoms with Gasteiger partial charge < -0.3 is 24.6 Å². The zero-order valence-electron chi connectivity index (χ0n) is 20.4. The summed E-state index contributed by atoms with van der Waals surface area (Å²) in [7, 11) is 0. The van der Waals surface area contributed by atoms with Gasteiger partial charge in [0.15, 0.2) is 17.7 Å². The van der Waals surface area contributed by atoms with Crippen molar-refractivity contribution in [3.63, 3.8) is 0 Å². The summed E-state index contributed by atoms with van der Waals surface area (Å²) < 4.78 is 36.8. The van der Waals surface area contributed by atoms with Crippen LogP contribution in [0.15, 0.2) is 36.7 Å². The summed E-state index contributed by atoms with van der Waals surface area (Å²) in [5, 5.41) is 12.1.